The molecule has 9 nitrogen and oxygen atoms in total. The number of amides is 1. The van der Waals surface area contributed by atoms with Gasteiger partial charge in [-0.1, -0.05) is 23.7 Å². The van der Waals surface area contributed by atoms with Crippen molar-refractivity contribution in [3.05, 3.63) is 71.2 Å². The van der Waals surface area contributed by atoms with E-state index in [0.717, 1.165) is 15.6 Å². The first-order valence-electron chi connectivity index (χ1n) is 11.2. The van der Waals surface area contributed by atoms with E-state index in [9.17, 15) is 13.2 Å². The lowest BCUT2D eigenvalue weighted by molar-refractivity contribution is -0.119. The summed E-state index contributed by atoms with van der Waals surface area (Å²) < 4.78 is 49.6. The molecule has 198 valence electrons. The first-order valence-corrected chi connectivity index (χ1v) is 13.0. The predicted molar refractivity (Wildman–Crippen MR) is 142 cm³/mol. The van der Waals surface area contributed by atoms with Gasteiger partial charge in [-0.2, -0.15) is 0 Å². The summed E-state index contributed by atoms with van der Waals surface area (Å²) in [6.07, 6.45) is 0.554. The molecule has 0 aliphatic carbocycles. The van der Waals surface area contributed by atoms with Crippen molar-refractivity contribution in [2.45, 2.75) is 11.3 Å². The van der Waals surface area contributed by atoms with E-state index in [2.05, 4.69) is 5.32 Å². The topological polar surface area (TPSA) is 103 Å². The van der Waals surface area contributed by atoms with Gasteiger partial charge < -0.3 is 24.3 Å². The molecule has 0 atom stereocenters. The standard InChI is InChI=1S/C26H29ClN2O7S/c1-33-20-8-5-18(6-9-20)13-14-28-26(30)17-29(22-15-19(27)7-11-23(22)34-2)37(31,32)21-10-12-24(35-3)25(16-21)36-4/h5-12,15-16H,13-14,17H2,1-4H3,(H,28,30). The molecule has 1 N–H and O–H groups in total. The van der Waals surface area contributed by atoms with Gasteiger partial charge in [-0.3, -0.25) is 9.10 Å². The summed E-state index contributed by atoms with van der Waals surface area (Å²) in [5.41, 5.74) is 1.11. The number of sulfonamides is 1. The highest BCUT2D eigenvalue weighted by molar-refractivity contribution is 7.92. The highest BCUT2D eigenvalue weighted by Crippen LogP contribution is 2.36. The van der Waals surface area contributed by atoms with Crippen molar-refractivity contribution in [1.29, 1.82) is 0 Å². The largest absolute Gasteiger partial charge is 0.497 e. The minimum atomic E-state index is -4.26. The van der Waals surface area contributed by atoms with E-state index in [1.54, 1.807) is 13.2 Å². The fourth-order valence-electron chi connectivity index (χ4n) is 3.59. The van der Waals surface area contributed by atoms with E-state index in [0.29, 0.717) is 18.7 Å². The number of hydrogen-bond acceptors (Lipinski definition) is 7. The molecular weight excluding hydrogens is 520 g/mol. The van der Waals surface area contributed by atoms with Crippen LogP contribution in [0.5, 0.6) is 23.0 Å². The Bertz CT molecular complexity index is 1330. The number of halogens is 1. The number of carbonyl (C=O) groups excluding carboxylic acids is 1. The maximum Gasteiger partial charge on any atom is 0.265 e. The number of rotatable bonds is 12. The highest BCUT2D eigenvalue weighted by Gasteiger charge is 2.30. The monoisotopic (exact) mass is 548 g/mol. The molecule has 0 aliphatic rings. The van der Waals surface area contributed by atoms with Gasteiger partial charge in [-0.05, 0) is 54.4 Å². The molecule has 11 heteroatoms. The minimum absolute atomic E-state index is 0.0989. The molecule has 0 fully saturated rings. The zero-order valence-corrected chi connectivity index (χ0v) is 22.6. The summed E-state index contributed by atoms with van der Waals surface area (Å²) in [6.45, 7) is -0.196. The van der Waals surface area contributed by atoms with Crippen LogP contribution in [-0.2, 0) is 21.2 Å². The first-order chi connectivity index (χ1) is 17.7. The second-order valence-electron chi connectivity index (χ2n) is 7.79. The summed E-state index contributed by atoms with van der Waals surface area (Å²) in [7, 11) is 1.59. The van der Waals surface area contributed by atoms with Gasteiger partial charge in [0.25, 0.3) is 10.0 Å². The van der Waals surface area contributed by atoms with Crippen molar-refractivity contribution in [1.82, 2.24) is 5.32 Å². The van der Waals surface area contributed by atoms with Crippen molar-refractivity contribution < 1.29 is 32.2 Å². The predicted octanol–water partition coefficient (Wildman–Crippen LogP) is 3.93. The van der Waals surface area contributed by atoms with Crippen molar-refractivity contribution in [2.24, 2.45) is 0 Å². The van der Waals surface area contributed by atoms with Gasteiger partial charge in [0.15, 0.2) is 11.5 Å². The van der Waals surface area contributed by atoms with E-state index >= 15 is 0 Å². The molecule has 0 aromatic heterocycles. The summed E-state index contributed by atoms with van der Waals surface area (Å²) in [5.74, 6) is 1.06. The van der Waals surface area contributed by atoms with Crippen LogP contribution in [0.2, 0.25) is 5.02 Å². The third-order valence-electron chi connectivity index (χ3n) is 5.53. The Balaban J connectivity index is 1.89. The average Bonchev–Trinajstić information content (AvgIpc) is 2.91. The number of benzene rings is 3. The lowest BCUT2D eigenvalue weighted by Crippen LogP contribution is -2.41. The van der Waals surface area contributed by atoms with Gasteiger partial charge in [0.1, 0.15) is 18.0 Å². The molecule has 3 aromatic carbocycles. The quantitative estimate of drug-likeness (QED) is 0.366. The van der Waals surface area contributed by atoms with Crippen LogP contribution < -0.4 is 28.6 Å². The highest BCUT2D eigenvalue weighted by atomic mass is 35.5. The molecule has 0 spiro atoms. The molecule has 0 aliphatic heterocycles. The Kier molecular flexibility index (Phi) is 9.48. The first kappa shape index (κ1) is 27.9. The van der Waals surface area contributed by atoms with Crippen LogP contribution in [0.25, 0.3) is 0 Å². The summed E-state index contributed by atoms with van der Waals surface area (Å²) in [4.78, 5) is 12.8. The molecule has 0 heterocycles. The van der Waals surface area contributed by atoms with Crippen molar-refractivity contribution in [3.8, 4) is 23.0 Å². The van der Waals surface area contributed by atoms with E-state index in [-0.39, 0.29) is 27.1 Å². The molecule has 3 rings (SSSR count). The summed E-state index contributed by atoms with van der Waals surface area (Å²) >= 11 is 6.19. The van der Waals surface area contributed by atoms with E-state index < -0.39 is 22.5 Å². The minimum Gasteiger partial charge on any atom is -0.497 e. The summed E-state index contributed by atoms with van der Waals surface area (Å²) in [5, 5.41) is 3.06. The molecule has 0 radical (unpaired) electrons. The van der Waals surface area contributed by atoms with Crippen LogP contribution in [0, 0.1) is 0 Å². The number of hydrogen-bond donors (Lipinski definition) is 1. The molecule has 0 bridgehead atoms. The van der Waals surface area contributed by atoms with Crippen molar-refractivity contribution in [3.63, 3.8) is 0 Å². The lowest BCUT2D eigenvalue weighted by atomic mass is 10.1. The van der Waals surface area contributed by atoms with Crippen LogP contribution >= 0.6 is 11.6 Å². The zero-order valence-electron chi connectivity index (χ0n) is 21.0. The smallest absolute Gasteiger partial charge is 0.265 e. The third kappa shape index (κ3) is 6.78. The van der Waals surface area contributed by atoms with Crippen LogP contribution in [0.1, 0.15) is 5.56 Å². The fraction of sp³-hybridized carbons (Fsp3) is 0.269. The number of anilines is 1. The van der Waals surface area contributed by atoms with Gasteiger partial charge in [0, 0.05) is 17.6 Å². The number of methoxy groups -OCH3 is 4. The second-order valence-corrected chi connectivity index (χ2v) is 10.1. The van der Waals surface area contributed by atoms with Gasteiger partial charge in [-0.25, -0.2) is 8.42 Å². The Morgan fingerprint density at radius 2 is 1.49 bits per heavy atom. The Labute approximate surface area is 221 Å². The molecular formula is C26H29ClN2O7S. The molecule has 0 saturated heterocycles. The maximum absolute atomic E-state index is 13.8. The van der Waals surface area contributed by atoms with Crippen LogP contribution in [0.3, 0.4) is 0 Å². The van der Waals surface area contributed by atoms with Gasteiger partial charge in [-0.15, -0.1) is 0 Å². The van der Waals surface area contributed by atoms with E-state index in [1.165, 1.54) is 51.7 Å². The summed E-state index contributed by atoms with van der Waals surface area (Å²) in [6, 6.07) is 16.2. The van der Waals surface area contributed by atoms with Crippen LogP contribution in [-0.4, -0.2) is 55.9 Å². The number of nitrogens with zero attached hydrogens (tertiary/aromatic N) is 1. The molecule has 3 aromatic rings. The lowest BCUT2D eigenvalue weighted by Gasteiger charge is -2.26. The Morgan fingerprint density at radius 1 is 0.838 bits per heavy atom. The molecule has 0 saturated carbocycles. The number of nitrogens with one attached hydrogen (secondary N) is 1. The maximum atomic E-state index is 13.8. The van der Waals surface area contributed by atoms with E-state index in [4.69, 9.17) is 30.5 Å². The second kappa shape index (κ2) is 12.6. The molecule has 37 heavy (non-hydrogen) atoms. The normalized spacial score (nSPS) is 10.9. The number of ether oxygens (including phenoxy) is 4. The Hall–Kier alpha value is -3.63. The molecule has 1 amide bonds. The van der Waals surface area contributed by atoms with Crippen LogP contribution in [0.15, 0.2) is 65.6 Å². The van der Waals surface area contributed by atoms with E-state index in [1.807, 2.05) is 24.3 Å². The van der Waals surface area contributed by atoms with Crippen LogP contribution in [0.4, 0.5) is 5.69 Å². The zero-order chi connectivity index (χ0) is 27.0. The average molecular weight is 549 g/mol. The van der Waals surface area contributed by atoms with Crippen molar-refractivity contribution in [2.75, 3.05) is 45.8 Å². The molecule has 0 unspecified atom stereocenters. The van der Waals surface area contributed by atoms with Gasteiger partial charge >= 0.3 is 0 Å². The number of carbonyl (C=O) groups is 1. The van der Waals surface area contributed by atoms with Gasteiger partial charge in [0.2, 0.25) is 5.91 Å². The van der Waals surface area contributed by atoms with Crippen molar-refractivity contribution >= 4 is 33.2 Å². The SMILES string of the molecule is COc1ccc(CCNC(=O)CN(c2cc(Cl)ccc2OC)S(=O)(=O)c2ccc(OC)c(OC)c2)cc1. The third-order valence-corrected chi connectivity index (χ3v) is 7.53. The fourth-order valence-corrected chi connectivity index (χ4v) is 5.19. The Morgan fingerprint density at radius 3 is 2.11 bits per heavy atom. The van der Waals surface area contributed by atoms with Gasteiger partial charge in [0.05, 0.1) is 39.0 Å².